The van der Waals surface area contributed by atoms with Crippen LogP contribution in [0.3, 0.4) is 0 Å². The molecule has 0 unspecified atom stereocenters. The van der Waals surface area contributed by atoms with Crippen LogP contribution in [0.5, 0.6) is 0 Å². The van der Waals surface area contributed by atoms with Crippen LogP contribution < -0.4 is 20.7 Å². The normalized spacial score (nSPS) is 12.2. The summed E-state index contributed by atoms with van der Waals surface area (Å²) in [6.45, 7) is 9.75. The summed E-state index contributed by atoms with van der Waals surface area (Å²) in [5.74, 6) is 1.85. The fourth-order valence-corrected chi connectivity index (χ4v) is 14.0. The molecular weight excluding hydrogens is 789 g/mol. The third-order valence-corrected chi connectivity index (χ3v) is 20.0. The fraction of sp³-hybridized carbons (Fsp3) is 0.0741. The topological polar surface area (TPSA) is 61.4 Å². The third-order valence-electron chi connectivity index (χ3n) is 13.0. The Morgan fingerprint density at radius 1 is 0.339 bits per heavy atom. The molecule has 5 aromatic heterocycles. The second-order valence-corrected chi connectivity index (χ2v) is 26.1. The van der Waals surface area contributed by atoms with Crippen molar-refractivity contribution in [3.05, 3.63) is 195 Å². The van der Waals surface area contributed by atoms with Crippen molar-refractivity contribution in [2.24, 2.45) is 0 Å². The summed E-state index contributed by atoms with van der Waals surface area (Å²) in [5, 5.41) is 10.4. The van der Waals surface area contributed by atoms with Gasteiger partial charge in [0.05, 0.1) is 45.8 Å². The Hall–Kier alpha value is -7.27. The van der Waals surface area contributed by atoms with Crippen LogP contribution in [0.15, 0.2) is 195 Å². The number of para-hydroxylation sites is 2. The monoisotopic (exact) mass is 832 g/mol. The highest BCUT2D eigenvalue weighted by Gasteiger charge is 2.29. The fourth-order valence-electron chi connectivity index (χ4n) is 9.28. The van der Waals surface area contributed by atoms with E-state index in [0.29, 0.717) is 0 Å². The van der Waals surface area contributed by atoms with Crippen LogP contribution in [0.25, 0.3) is 77.8 Å². The predicted octanol–water partition coefficient (Wildman–Crippen LogP) is 10.4. The van der Waals surface area contributed by atoms with Crippen molar-refractivity contribution in [1.29, 1.82) is 0 Å². The number of rotatable bonds is 8. The van der Waals surface area contributed by atoms with Crippen LogP contribution in [0.1, 0.15) is 0 Å². The first-order valence-corrected chi connectivity index (χ1v) is 27.2. The first-order chi connectivity index (χ1) is 30.3. The minimum absolute atomic E-state index is 0.869. The van der Waals surface area contributed by atoms with Crippen LogP contribution in [0, 0.1) is 0 Å². The van der Waals surface area contributed by atoms with Crippen molar-refractivity contribution in [2.45, 2.75) is 26.2 Å². The van der Waals surface area contributed by atoms with E-state index in [4.69, 9.17) is 19.9 Å². The minimum Gasteiger partial charge on any atom is -0.294 e. The standard InChI is InChI=1S/C54H44N6Si2/c1-61(2,41-25-27-45-43-19-5-7-21-49(43)59(51(45)33-41)53-23-9-11-29-55-53)39-17-13-15-37(31-39)47-35-58-48(36-57-47)38-16-14-18-40(32-38)62(3,4)42-26-28-46-44-20-6-8-22-50(44)60(52(46)34-42)54-24-10-12-30-56-54/h5-36H,1-4H3. The van der Waals surface area contributed by atoms with Crippen LogP contribution >= 0.6 is 0 Å². The Kier molecular flexibility index (Phi) is 8.96. The van der Waals surface area contributed by atoms with Crippen LogP contribution in [-0.2, 0) is 0 Å². The Labute approximate surface area is 362 Å². The molecule has 0 spiro atoms. The van der Waals surface area contributed by atoms with Gasteiger partial charge in [-0.3, -0.25) is 19.1 Å². The van der Waals surface area contributed by atoms with E-state index in [1.807, 2.05) is 36.9 Å². The Bertz CT molecular complexity index is 3230. The summed E-state index contributed by atoms with van der Waals surface area (Å²) < 4.78 is 4.60. The number of benzene rings is 6. The van der Waals surface area contributed by atoms with Gasteiger partial charge in [0.25, 0.3) is 0 Å². The summed E-state index contributed by atoms with van der Waals surface area (Å²) in [6, 6.07) is 61.4. The van der Waals surface area contributed by atoms with Gasteiger partial charge in [-0.1, -0.05) is 168 Å². The Morgan fingerprint density at radius 2 is 0.742 bits per heavy atom. The summed E-state index contributed by atoms with van der Waals surface area (Å²) in [6.07, 6.45) is 7.60. The molecule has 62 heavy (non-hydrogen) atoms. The van der Waals surface area contributed by atoms with E-state index in [1.54, 1.807) is 0 Å². The van der Waals surface area contributed by atoms with Crippen molar-refractivity contribution in [3.8, 4) is 34.2 Å². The molecular formula is C54H44N6Si2. The first kappa shape index (κ1) is 37.7. The van der Waals surface area contributed by atoms with Crippen LogP contribution in [-0.4, -0.2) is 45.2 Å². The number of aromatic nitrogens is 6. The molecule has 11 aromatic rings. The van der Waals surface area contributed by atoms with Crippen molar-refractivity contribution in [3.63, 3.8) is 0 Å². The zero-order valence-electron chi connectivity index (χ0n) is 35.2. The molecule has 11 rings (SSSR count). The maximum Gasteiger partial charge on any atom is 0.137 e. The molecule has 6 nitrogen and oxygen atoms in total. The second kappa shape index (κ2) is 14.7. The lowest BCUT2D eigenvalue weighted by Crippen LogP contribution is -2.52. The van der Waals surface area contributed by atoms with E-state index in [-0.39, 0.29) is 0 Å². The smallest absolute Gasteiger partial charge is 0.137 e. The predicted molar refractivity (Wildman–Crippen MR) is 264 cm³/mol. The van der Waals surface area contributed by atoms with Gasteiger partial charge in [0.2, 0.25) is 0 Å². The molecule has 0 radical (unpaired) electrons. The lowest BCUT2D eigenvalue weighted by molar-refractivity contribution is 1.08. The number of fused-ring (bicyclic) bond motifs is 6. The summed E-state index contributed by atoms with van der Waals surface area (Å²) in [7, 11) is -4.31. The highest BCUT2D eigenvalue weighted by Crippen LogP contribution is 2.33. The van der Waals surface area contributed by atoms with E-state index in [0.717, 1.165) is 34.2 Å². The van der Waals surface area contributed by atoms with E-state index in [1.165, 1.54) is 64.4 Å². The zero-order valence-corrected chi connectivity index (χ0v) is 37.2. The van der Waals surface area contributed by atoms with E-state index in [2.05, 4.69) is 193 Å². The molecule has 0 fully saturated rings. The molecule has 6 aromatic carbocycles. The number of nitrogens with zero attached hydrogens (tertiary/aromatic N) is 6. The molecule has 298 valence electrons. The average molecular weight is 833 g/mol. The maximum atomic E-state index is 5.02. The van der Waals surface area contributed by atoms with E-state index < -0.39 is 16.1 Å². The highest BCUT2D eigenvalue weighted by atomic mass is 28.3. The molecule has 5 heterocycles. The van der Waals surface area contributed by atoms with Gasteiger partial charge in [0.1, 0.15) is 27.8 Å². The molecule has 0 aliphatic carbocycles. The first-order valence-electron chi connectivity index (χ1n) is 21.2. The van der Waals surface area contributed by atoms with Crippen molar-refractivity contribution in [2.75, 3.05) is 0 Å². The largest absolute Gasteiger partial charge is 0.294 e. The summed E-state index contributed by atoms with van der Waals surface area (Å²) in [4.78, 5) is 19.6. The Morgan fingerprint density at radius 3 is 1.16 bits per heavy atom. The van der Waals surface area contributed by atoms with Crippen molar-refractivity contribution >= 4 is 80.5 Å². The van der Waals surface area contributed by atoms with Gasteiger partial charge >= 0.3 is 0 Å². The van der Waals surface area contributed by atoms with Gasteiger partial charge in [0.15, 0.2) is 0 Å². The molecule has 0 N–H and O–H groups in total. The quantitative estimate of drug-likeness (QED) is 0.143. The highest BCUT2D eigenvalue weighted by molar-refractivity contribution is 7.01. The Balaban J connectivity index is 0.898. The number of hydrogen-bond donors (Lipinski definition) is 0. The molecule has 0 saturated heterocycles. The molecule has 0 bridgehead atoms. The van der Waals surface area contributed by atoms with Gasteiger partial charge < -0.3 is 0 Å². The summed E-state index contributed by atoms with van der Waals surface area (Å²) >= 11 is 0. The molecule has 0 saturated carbocycles. The third kappa shape index (κ3) is 6.21. The second-order valence-electron chi connectivity index (χ2n) is 17.2. The van der Waals surface area contributed by atoms with E-state index >= 15 is 0 Å². The van der Waals surface area contributed by atoms with Crippen molar-refractivity contribution in [1.82, 2.24) is 29.1 Å². The maximum absolute atomic E-state index is 5.02. The minimum atomic E-state index is -2.15. The van der Waals surface area contributed by atoms with Gasteiger partial charge in [-0.25, -0.2) is 9.97 Å². The van der Waals surface area contributed by atoms with Gasteiger partial charge in [0, 0.05) is 45.1 Å². The molecule has 0 aliphatic rings. The summed E-state index contributed by atoms with van der Waals surface area (Å²) in [5.41, 5.74) is 8.58. The average Bonchev–Trinajstić information content (AvgIpc) is 3.84. The van der Waals surface area contributed by atoms with Crippen LogP contribution in [0.4, 0.5) is 0 Å². The lowest BCUT2D eigenvalue weighted by Gasteiger charge is -2.25. The molecule has 0 aliphatic heterocycles. The molecule has 8 heteroatoms. The van der Waals surface area contributed by atoms with Gasteiger partial charge in [-0.15, -0.1) is 0 Å². The van der Waals surface area contributed by atoms with Gasteiger partial charge in [-0.05, 0) is 48.5 Å². The molecule has 0 atom stereocenters. The van der Waals surface area contributed by atoms with Gasteiger partial charge in [-0.2, -0.15) is 0 Å². The number of pyridine rings is 2. The van der Waals surface area contributed by atoms with Crippen molar-refractivity contribution < 1.29 is 0 Å². The molecule has 0 amide bonds. The number of hydrogen-bond acceptors (Lipinski definition) is 4. The van der Waals surface area contributed by atoms with Crippen LogP contribution in [0.2, 0.25) is 26.2 Å². The SMILES string of the molecule is C[Si](C)(c1cccc(-c2cnc(-c3cccc([Si](C)(C)c4ccc5c6ccccc6n(-c6ccccn6)c5c4)c3)cn2)c1)c1ccc2c3ccccc3n(-c3ccccn3)c2c1. The lowest BCUT2D eigenvalue weighted by atomic mass is 10.1. The van der Waals surface area contributed by atoms with E-state index in [9.17, 15) is 0 Å². The zero-order chi connectivity index (χ0) is 42.0.